The van der Waals surface area contributed by atoms with Gasteiger partial charge in [0.05, 0.1) is 5.02 Å². The minimum atomic E-state index is -0.568. The molecule has 0 heterocycles. The number of likely N-dealkylation sites (N-methyl/N-ethyl adjacent to an activating group) is 1. The molecule has 1 aromatic carbocycles. The standard InChI is InChI=1S/C13H19ClN2O2.ClH/c1-9-4-5-11(14)12(8-9)18-10(2)13(17)16-7-6-15-3;/h4-5,8,10,15H,6-7H2,1-3H3,(H,16,17);1H. The average molecular weight is 307 g/mol. The molecule has 1 amide bonds. The van der Waals surface area contributed by atoms with E-state index in [0.29, 0.717) is 17.3 Å². The Labute approximate surface area is 125 Å². The fourth-order valence-electron chi connectivity index (χ4n) is 1.40. The number of carbonyl (C=O) groups excluding carboxylic acids is 1. The molecule has 2 N–H and O–H groups in total. The van der Waals surface area contributed by atoms with Gasteiger partial charge in [0, 0.05) is 13.1 Å². The number of carbonyl (C=O) groups is 1. The molecule has 0 saturated carbocycles. The first-order valence-corrected chi connectivity index (χ1v) is 6.27. The maximum atomic E-state index is 11.7. The molecule has 4 nitrogen and oxygen atoms in total. The quantitative estimate of drug-likeness (QED) is 0.792. The van der Waals surface area contributed by atoms with E-state index in [0.717, 1.165) is 12.1 Å². The molecule has 108 valence electrons. The third kappa shape index (κ3) is 6.14. The molecule has 0 aliphatic carbocycles. The fraction of sp³-hybridized carbons (Fsp3) is 0.462. The van der Waals surface area contributed by atoms with Crippen molar-refractivity contribution in [3.63, 3.8) is 0 Å². The first-order chi connectivity index (χ1) is 8.54. The van der Waals surface area contributed by atoms with Gasteiger partial charge in [-0.05, 0) is 38.6 Å². The van der Waals surface area contributed by atoms with Crippen molar-refractivity contribution in [3.05, 3.63) is 28.8 Å². The van der Waals surface area contributed by atoms with Crippen LogP contribution in [0.15, 0.2) is 18.2 Å². The van der Waals surface area contributed by atoms with E-state index < -0.39 is 6.10 Å². The molecule has 0 aromatic heterocycles. The number of benzene rings is 1. The SMILES string of the molecule is CNCCNC(=O)C(C)Oc1cc(C)ccc1Cl.Cl. The summed E-state index contributed by atoms with van der Waals surface area (Å²) >= 11 is 6.01. The number of nitrogens with one attached hydrogen (secondary N) is 2. The molecular weight excluding hydrogens is 287 g/mol. The van der Waals surface area contributed by atoms with E-state index in [4.69, 9.17) is 16.3 Å². The van der Waals surface area contributed by atoms with Gasteiger partial charge in [-0.2, -0.15) is 0 Å². The number of hydrogen-bond donors (Lipinski definition) is 2. The van der Waals surface area contributed by atoms with Gasteiger partial charge in [0.25, 0.3) is 5.91 Å². The third-order valence-electron chi connectivity index (χ3n) is 2.43. The van der Waals surface area contributed by atoms with E-state index in [9.17, 15) is 4.79 Å². The van der Waals surface area contributed by atoms with Gasteiger partial charge in [0.15, 0.2) is 6.10 Å². The molecule has 1 unspecified atom stereocenters. The van der Waals surface area contributed by atoms with Crippen molar-refractivity contribution in [1.82, 2.24) is 10.6 Å². The first kappa shape index (κ1) is 18.0. The van der Waals surface area contributed by atoms with E-state index in [2.05, 4.69) is 10.6 Å². The molecule has 0 fully saturated rings. The summed E-state index contributed by atoms with van der Waals surface area (Å²) in [5.74, 6) is 0.385. The molecule has 19 heavy (non-hydrogen) atoms. The highest BCUT2D eigenvalue weighted by Gasteiger charge is 2.15. The smallest absolute Gasteiger partial charge is 0.260 e. The lowest BCUT2D eigenvalue weighted by atomic mass is 10.2. The average Bonchev–Trinajstić information content (AvgIpc) is 2.34. The van der Waals surface area contributed by atoms with Crippen LogP contribution in [0.2, 0.25) is 5.02 Å². The predicted molar refractivity (Wildman–Crippen MR) is 80.5 cm³/mol. The Morgan fingerprint density at radius 2 is 2.11 bits per heavy atom. The lowest BCUT2D eigenvalue weighted by molar-refractivity contribution is -0.127. The molecule has 0 aliphatic heterocycles. The largest absolute Gasteiger partial charge is 0.479 e. The molecule has 1 aromatic rings. The summed E-state index contributed by atoms with van der Waals surface area (Å²) in [4.78, 5) is 11.7. The predicted octanol–water partition coefficient (Wildman–Crippen LogP) is 2.17. The van der Waals surface area contributed by atoms with Crippen LogP contribution in [0.5, 0.6) is 5.75 Å². The lowest BCUT2D eigenvalue weighted by Crippen LogP contribution is -2.39. The van der Waals surface area contributed by atoms with Crippen LogP contribution < -0.4 is 15.4 Å². The Balaban J connectivity index is 0.00000324. The summed E-state index contributed by atoms with van der Waals surface area (Å²) in [5, 5.41) is 6.23. The van der Waals surface area contributed by atoms with E-state index in [1.165, 1.54) is 0 Å². The van der Waals surface area contributed by atoms with Crippen LogP contribution >= 0.6 is 24.0 Å². The summed E-state index contributed by atoms with van der Waals surface area (Å²) in [5.41, 5.74) is 1.04. The van der Waals surface area contributed by atoms with Crippen LogP contribution in [0.25, 0.3) is 0 Å². The van der Waals surface area contributed by atoms with Crippen molar-refractivity contribution in [1.29, 1.82) is 0 Å². The Kier molecular flexibility index (Phi) is 8.56. The van der Waals surface area contributed by atoms with Gasteiger partial charge in [-0.15, -0.1) is 12.4 Å². The Morgan fingerprint density at radius 1 is 1.42 bits per heavy atom. The van der Waals surface area contributed by atoms with Gasteiger partial charge in [-0.3, -0.25) is 4.79 Å². The Bertz CT molecular complexity index is 414. The monoisotopic (exact) mass is 306 g/mol. The second-order valence-electron chi connectivity index (χ2n) is 4.09. The van der Waals surface area contributed by atoms with Crippen LogP contribution in [0, 0.1) is 6.92 Å². The summed E-state index contributed by atoms with van der Waals surface area (Å²) in [6.45, 7) is 4.95. The van der Waals surface area contributed by atoms with Gasteiger partial charge in [0.2, 0.25) is 0 Å². The summed E-state index contributed by atoms with van der Waals surface area (Å²) in [7, 11) is 1.83. The molecule has 0 spiro atoms. The first-order valence-electron chi connectivity index (χ1n) is 5.89. The molecule has 1 rings (SSSR count). The van der Waals surface area contributed by atoms with Crippen LogP contribution in [0.4, 0.5) is 0 Å². The number of rotatable bonds is 6. The Morgan fingerprint density at radius 3 is 2.74 bits per heavy atom. The van der Waals surface area contributed by atoms with Crippen LogP contribution in [0.1, 0.15) is 12.5 Å². The number of amides is 1. The summed E-state index contributed by atoms with van der Waals surface area (Å²) in [6.07, 6.45) is -0.568. The summed E-state index contributed by atoms with van der Waals surface area (Å²) in [6, 6.07) is 5.48. The van der Waals surface area contributed by atoms with Gasteiger partial charge in [-0.1, -0.05) is 17.7 Å². The van der Waals surface area contributed by atoms with E-state index >= 15 is 0 Å². The normalized spacial score (nSPS) is 11.4. The molecule has 0 aliphatic rings. The second kappa shape index (κ2) is 9.02. The van der Waals surface area contributed by atoms with Crippen molar-refractivity contribution >= 4 is 29.9 Å². The van der Waals surface area contributed by atoms with E-state index in [1.807, 2.05) is 26.1 Å². The zero-order chi connectivity index (χ0) is 13.5. The number of halogens is 2. The lowest BCUT2D eigenvalue weighted by Gasteiger charge is -2.16. The minimum Gasteiger partial charge on any atom is -0.479 e. The van der Waals surface area contributed by atoms with Crippen molar-refractivity contribution in [2.24, 2.45) is 0 Å². The highest BCUT2D eigenvalue weighted by atomic mass is 35.5. The fourth-order valence-corrected chi connectivity index (χ4v) is 1.56. The van der Waals surface area contributed by atoms with Crippen molar-refractivity contribution in [3.8, 4) is 5.75 Å². The van der Waals surface area contributed by atoms with Crippen molar-refractivity contribution in [2.45, 2.75) is 20.0 Å². The summed E-state index contributed by atoms with van der Waals surface area (Å²) < 4.78 is 5.55. The molecule has 0 saturated heterocycles. The van der Waals surface area contributed by atoms with Gasteiger partial charge >= 0.3 is 0 Å². The zero-order valence-corrected chi connectivity index (χ0v) is 12.9. The van der Waals surface area contributed by atoms with Crippen molar-refractivity contribution in [2.75, 3.05) is 20.1 Å². The van der Waals surface area contributed by atoms with Crippen LogP contribution in [-0.4, -0.2) is 32.1 Å². The van der Waals surface area contributed by atoms with Crippen molar-refractivity contribution < 1.29 is 9.53 Å². The molecular formula is C13H20Cl2N2O2. The highest BCUT2D eigenvalue weighted by molar-refractivity contribution is 6.32. The molecule has 1 atom stereocenters. The molecule has 6 heteroatoms. The molecule has 0 bridgehead atoms. The number of ether oxygens (including phenoxy) is 1. The topological polar surface area (TPSA) is 50.4 Å². The minimum absolute atomic E-state index is 0. The Hall–Kier alpha value is -0.970. The number of hydrogen-bond acceptors (Lipinski definition) is 3. The van der Waals surface area contributed by atoms with Gasteiger partial charge < -0.3 is 15.4 Å². The number of aryl methyl sites for hydroxylation is 1. The van der Waals surface area contributed by atoms with Gasteiger partial charge in [0.1, 0.15) is 5.75 Å². The zero-order valence-electron chi connectivity index (χ0n) is 11.3. The second-order valence-corrected chi connectivity index (χ2v) is 4.50. The maximum absolute atomic E-state index is 11.7. The maximum Gasteiger partial charge on any atom is 0.260 e. The van der Waals surface area contributed by atoms with Crippen LogP contribution in [0.3, 0.4) is 0 Å². The van der Waals surface area contributed by atoms with E-state index in [1.54, 1.807) is 13.0 Å². The van der Waals surface area contributed by atoms with E-state index in [-0.39, 0.29) is 18.3 Å². The van der Waals surface area contributed by atoms with Crippen LogP contribution in [-0.2, 0) is 4.79 Å². The molecule has 0 radical (unpaired) electrons. The highest BCUT2D eigenvalue weighted by Crippen LogP contribution is 2.26. The van der Waals surface area contributed by atoms with Gasteiger partial charge in [-0.25, -0.2) is 0 Å². The third-order valence-corrected chi connectivity index (χ3v) is 2.75.